The molecular weight excluding hydrogens is 238 g/mol. The Bertz CT molecular complexity index is 353. The summed E-state index contributed by atoms with van der Waals surface area (Å²) in [7, 11) is -3.16. The lowest BCUT2D eigenvalue weighted by atomic mass is 10.2. The first-order chi connectivity index (χ1) is 7.22. The summed E-state index contributed by atoms with van der Waals surface area (Å²) >= 11 is 0. The number of hydrogen-bond donors (Lipinski definition) is 3. The second-order valence-electron chi connectivity index (χ2n) is 3.25. The largest absolute Gasteiger partial charge is 0.368 e. The molecular formula is C7H15N3O5S. The standard InChI is InChI=1S/C7H15N3O5S/c1-16(13,14)3-2-5(8)7(12)10-15-4-6(9)11/h5H,2-4,8H2,1H3,(H2,9,11)(H,10,12). The van der Waals surface area contributed by atoms with Crippen LogP contribution in [0.1, 0.15) is 6.42 Å². The number of nitrogens with two attached hydrogens (primary N) is 2. The van der Waals surface area contributed by atoms with Crippen LogP contribution in [0.5, 0.6) is 0 Å². The summed E-state index contributed by atoms with van der Waals surface area (Å²) in [6.07, 6.45) is 1.02. The van der Waals surface area contributed by atoms with E-state index in [1.807, 2.05) is 5.48 Å². The van der Waals surface area contributed by atoms with Gasteiger partial charge in [-0.25, -0.2) is 13.9 Å². The maximum Gasteiger partial charge on any atom is 0.260 e. The molecule has 0 aliphatic heterocycles. The van der Waals surface area contributed by atoms with E-state index in [0.29, 0.717) is 0 Å². The molecule has 2 amide bonds. The van der Waals surface area contributed by atoms with Crippen LogP contribution >= 0.6 is 0 Å². The summed E-state index contributed by atoms with van der Waals surface area (Å²) in [5.41, 5.74) is 12.0. The van der Waals surface area contributed by atoms with Crippen LogP contribution in [0.3, 0.4) is 0 Å². The molecule has 1 unspecified atom stereocenters. The first-order valence-electron chi connectivity index (χ1n) is 4.35. The highest BCUT2D eigenvalue weighted by atomic mass is 32.2. The zero-order valence-corrected chi connectivity index (χ0v) is 9.62. The van der Waals surface area contributed by atoms with Gasteiger partial charge in [-0.05, 0) is 6.42 Å². The van der Waals surface area contributed by atoms with Crippen molar-refractivity contribution in [3.8, 4) is 0 Å². The van der Waals surface area contributed by atoms with Gasteiger partial charge >= 0.3 is 0 Å². The van der Waals surface area contributed by atoms with Crippen molar-refractivity contribution < 1.29 is 22.8 Å². The number of nitrogens with one attached hydrogen (secondary N) is 1. The summed E-state index contributed by atoms with van der Waals surface area (Å²) in [6.45, 7) is -0.468. The number of carbonyl (C=O) groups is 2. The molecule has 0 spiro atoms. The number of sulfone groups is 1. The summed E-state index contributed by atoms with van der Waals surface area (Å²) in [5, 5.41) is 0. The molecule has 0 fully saturated rings. The SMILES string of the molecule is CS(=O)(=O)CCC(N)C(=O)NOCC(N)=O. The van der Waals surface area contributed by atoms with Crippen LogP contribution < -0.4 is 16.9 Å². The predicted molar refractivity (Wildman–Crippen MR) is 55.6 cm³/mol. The molecule has 5 N–H and O–H groups in total. The molecule has 8 nitrogen and oxygen atoms in total. The fraction of sp³-hybridized carbons (Fsp3) is 0.714. The van der Waals surface area contributed by atoms with Crippen LogP contribution in [0.4, 0.5) is 0 Å². The summed E-state index contributed by atoms with van der Waals surface area (Å²) in [6, 6.07) is -1.01. The first-order valence-corrected chi connectivity index (χ1v) is 6.41. The molecule has 94 valence electrons. The number of primary amides is 1. The average molecular weight is 253 g/mol. The highest BCUT2D eigenvalue weighted by Gasteiger charge is 2.16. The van der Waals surface area contributed by atoms with E-state index < -0.39 is 34.3 Å². The van der Waals surface area contributed by atoms with Crippen molar-refractivity contribution >= 4 is 21.7 Å². The van der Waals surface area contributed by atoms with Crippen molar-refractivity contribution in [1.82, 2.24) is 5.48 Å². The Labute approximate surface area is 93.2 Å². The van der Waals surface area contributed by atoms with Crippen LogP contribution in [-0.4, -0.2) is 44.9 Å². The van der Waals surface area contributed by atoms with Gasteiger partial charge < -0.3 is 11.5 Å². The van der Waals surface area contributed by atoms with Gasteiger partial charge in [0, 0.05) is 6.26 Å². The van der Waals surface area contributed by atoms with Crippen molar-refractivity contribution in [2.75, 3.05) is 18.6 Å². The molecule has 0 radical (unpaired) electrons. The van der Waals surface area contributed by atoms with Crippen LogP contribution in [-0.2, 0) is 24.3 Å². The summed E-state index contributed by atoms with van der Waals surface area (Å²) < 4.78 is 21.6. The van der Waals surface area contributed by atoms with Gasteiger partial charge in [0.2, 0.25) is 5.91 Å². The minimum absolute atomic E-state index is 0.0232. The van der Waals surface area contributed by atoms with E-state index >= 15 is 0 Å². The van der Waals surface area contributed by atoms with E-state index in [4.69, 9.17) is 11.5 Å². The highest BCUT2D eigenvalue weighted by Crippen LogP contribution is 1.93. The summed E-state index contributed by atoms with van der Waals surface area (Å²) in [5.74, 6) is -1.65. The highest BCUT2D eigenvalue weighted by molar-refractivity contribution is 7.90. The fourth-order valence-corrected chi connectivity index (χ4v) is 1.41. The van der Waals surface area contributed by atoms with E-state index in [1.54, 1.807) is 0 Å². The van der Waals surface area contributed by atoms with Crippen LogP contribution in [0, 0.1) is 0 Å². The van der Waals surface area contributed by atoms with Crippen molar-refractivity contribution in [2.45, 2.75) is 12.5 Å². The predicted octanol–water partition coefficient (Wildman–Crippen LogP) is -2.72. The molecule has 0 saturated heterocycles. The minimum atomic E-state index is -3.16. The molecule has 0 aromatic carbocycles. The quantitative estimate of drug-likeness (QED) is 0.421. The molecule has 0 saturated carbocycles. The maximum atomic E-state index is 11.1. The third kappa shape index (κ3) is 8.15. The van der Waals surface area contributed by atoms with Crippen molar-refractivity contribution in [3.05, 3.63) is 0 Å². The molecule has 0 heterocycles. The number of carbonyl (C=O) groups excluding carboxylic acids is 2. The smallest absolute Gasteiger partial charge is 0.260 e. The molecule has 0 aromatic rings. The Morgan fingerprint density at radius 1 is 1.44 bits per heavy atom. The second-order valence-corrected chi connectivity index (χ2v) is 5.51. The zero-order valence-electron chi connectivity index (χ0n) is 8.80. The molecule has 0 rings (SSSR count). The average Bonchev–Trinajstić information content (AvgIpc) is 2.12. The maximum absolute atomic E-state index is 11.1. The number of rotatable bonds is 7. The lowest BCUT2D eigenvalue weighted by molar-refractivity contribution is -0.139. The number of amides is 2. The fourth-order valence-electron chi connectivity index (χ4n) is 0.726. The molecule has 0 bridgehead atoms. The molecule has 1 atom stereocenters. The third-order valence-corrected chi connectivity index (χ3v) is 2.50. The van der Waals surface area contributed by atoms with Crippen LogP contribution in [0.2, 0.25) is 0 Å². The van der Waals surface area contributed by atoms with Crippen LogP contribution in [0.25, 0.3) is 0 Å². The minimum Gasteiger partial charge on any atom is -0.368 e. The number of hydroxylamine groups is 1. The van der Waals surface area contributed by atoms with Gasteiger partial charge in [-0.3, -0.25) is 14.4 Å². The summed E-state index contributed by atoms with van der Waals surface area (Å²) in [4.78, 5) is 25.8. The van der Waals surface area contributed by atoms with E-state index in [2.05, 4.69) is 4.84 Å². The van der Waals surface area contributed by atoms with Crippen molar-refractivity contribution in [3.63, 3.8) is 0 Å². The normalized spacial score (nSPS) is 13.1. The third-order valence-electron chi connectivity index (χ3n) is 1.52. The van der Waals surface area contributed by atoms with Gasteiger partial charge in [0.25, 0.3) is 5.91 Å². The molecule has 0 aliphatic rings. The van der Waals surface area contributed by atoms with Gasteiger partial charge in [-0.1, -0.05) is 0 Å². The Balaban J connectivity index is 3.86. The molecule has 9 heteroatoms. The monoisotopic (exact) mass is 253 g/mol. The topological polar surface area (TPSA) is 142 Å². The Morgan fingerprint density at radius 2 is 2.00 bits per heavy atom. The van der Waals surface area contributed by atoms with Gasteiger partial charge in [0.05, 0.1) is 11.8 Å². The van der Waals surface area contributed by atoms with Crippen LogP contribution in [0.15, 0.2) is 0 Å². The molecule has 0 aromatic heterocycles. The van der Waals surface area contributed by atoms with E-state index in [0.717, 1.165) is 6.26 Å². The van der Waals surface area contributed by atoms with Gasteiger partial charge in [0.15, 0.2) is 6.61 Å². The Morgan fingerprint density at radius 3 is 2.44 bits per heavy atom. The Hall–Kier alpha value is -1.19. The van der Waals surface area contributed by atoms with Gasteiger partial charge in [0.1, 0.15) is 9.84 Å². The lowest BCUT2D eigenvalue weighted by Crippen LogP contribution is -2.42. The van der Waals surface area contributed by atoms with E-state index in [-0.39, 0.29) is 12.2 Å². The van der Waals surface area contributed by atoms with E-state index in [1.165, 1.54) is 0 Å². The van der Waals surface area contributed by atoms with Crippen molar-refractivity contribution in [1.29, 1.82) is 0 Å². The zero-order chi connectivity index (χ0) is 12.8. The van der Waals surface area contributed by atoms with Gasteiger partial charge in [-0.2, -0.15) is 0 Å². The molecule has 16 heavy (non-hydrogen) atoms. The lowest BCUT2D eigenvalue weighted by Gasteiger charge is -2.10. The molecule has 0 aliphatic carbocycles. The van der Waals surface area contributed by atoms with E-state index in [9.17, 15) is 18.0 Å². The van der Waals surface area contributed by atoms with Gasteiger partial charge in [-0.15, -0.1) is 0 Å². The number of hydrogen-bond acceptors (Lipinski definition) is 6. The Kier molecular flexibility index (Phi) is 5.93. The van der Waals surface area contributed by atoms with Crippen molar-refractivity contribution in [2.24, 2.45) is 11.5 Å². The first kappa shape index (κ1) is 14.8. The second kappa shape index (κ2) is 6.40.